The quantitative estimate of drug-likeness (QED) is 0.404. The molecule has 1 aliphatic heterocycles. The molecule has 0 aromatic heterocycles. The van der Waals surface area contributed by atoms with E-state index < -0.39 is 0 Å². The van der Waals surface area contributed by atoms with Crippen LogP contribution in [0.5, 0.6) is 0 Å². The first-order valence-electron chi connectivity index (χ1n) is 8.05. The second-order valence-electron chi connectivity index (χ2n) is 4.93. The van der Waals surface area contributed by atoms with Crippen molar-refractivity contribution in [2.24, 2.45) is 0 Å². The van der Waals surface area contributed by atoms with Crippen molar-refractivity contribution in [1.82, 2.24) is 5.32 Å². The molecule has 0 aliphatic carbocycles. The van der Waals surface area contributed by atoms with Crippen molar-refractivity contribution in [1.29, 1.82) is 0 Å². The first-order chi connectivity index (χ1) is 10.9. The van der Waals surface area contributed by atoms with Crippen molar-refractivity contribution in [2.45, 2.75) is 12.5 Å². The van der Waals surface area contributed by atoms with Gasteiger partial charge in [-0.3, -0.25) is 0 Å². The number of methoxy groups -OCH3 is 1. The average Bonchev–Trinajstić information content (AvgIpc) is 3.04. The van der Waals surface area contributed by atoms with Crippen LogP contribution in [0.1, 0.15) is 6.42 Å². The van der Waals surface area contributed by atoms with E-state index in [1.807, 2.05) is 0 Å². The third kappa shape index (κ3) is 12.3. The van der Waals surface area contributed by atoms with Gasteiger partial charge in [0.1, 0.15) is 0 Å². The first-order valence-corrected chi connectivity index (χ1v) is 8.05. The number of rotatable bonds is 16. The average molecular weight is 321 g/mol. The van der Waals surface area contributed by atoms with Gasteiger partial charge in [0.25, 0.3) is 0 Å². The SMILES string of the molecule is COCCOCCOCCOCCOCCO[C@H]1CCNC1. The fourth-order valence-corrected chi connectivity index (χ4v) is 1.95. The fraction of sp³-hybridized carbons (Fsp3) is 1.00. The van der Waals surface area contributed by atoms with Crippen LogP contribution in [0.15, 0.2) is 0 Å². The van der Waals surface area contributed by atoms with Gasteiger partial charge in [-0.2, -0.15) is 0 Å². The lowest BCUT2D eigenvalue weighted by atomic mass is 10.3. The van der Waals surface area contributed by atoms with Gasteiger partial charge in [0, 0.05) is 13.7 Å². The highest BCUT2D eigenvalue weighted by Crippen LogP contribution is 2.02. The molecule has 7 heteroatoms. The van der Waals surface area contributed by atoms with Crippen LogP contribution in [0, 0.1) is 0 Å². The minimum atomic E-state index is 0.357. The second-order valence-corrected chi connectivity index (χ2v) is 4.93. The predicted octanol–water partition coefficient (Wildman–Crippen LogP) is 0.0777. The molecule has 0 aromatic carbocycles. The molecule has 1 saturated heterocycles. The Balaban J connectivity index is 1.64. The van der Waals surface area contributed by atoms with Gasteiger partial charge in [-0.15, -0.1) is 0 Å². The Morgan fingerprint density at radius 3 is 1.68 bits per heavy atom. The Bertz CT molecular complexity index is 226. The summed E-state index contributed by atoms with van der Waals surface area (Å²) in [6, 6.07) is 0. The number of hydrogen-bond acceptors (Lipinski definition) is 7. The molecule has 7 nitrogen and oxygen atoms in total. The van der Waals surface area contributed by atoms with E-state index in [0.717, 1.165) is 19.5 Å². The maximum Gasteiger partial charge on any atom is 0.0712 e. The maximum atomic E-state index is 5.64. The summed E-state index contributed by atoms with van der Waals surface area (Å²) >= 11 is 0. The van der Waals surface area contributed by atoms with Crippen LogP contribution in [-0.2, 0) is 28.4 Å². The molecule has 1 heterocycles. The molecule has 1 fully saturated rings. The molecule has 0 unspecified atom stereocenters. The second kappa shape index (κ2) is 15.6. The Morgan fingerprint density at radius 2 is 1.23 bits per heavy atom. The van der Waals surface area contributed by atoms with E-state index >= 15 is 0 Å². The van der Waals surface area contributed by atoms with Crippen LogP contribution in [0.3, 0.4) is 0 Å². The van der Waals surface area contributed by atoms with Gasteiger partial charge in [0.15, 0.2) is 0 Å². The lowest BCUT2D eigenvalue weighted by molar-refractivity contribution is -0.0216. The summed E-state index contributed by atoms with van der Waals surface area (Å²) in [5.41, 5.74) is 0. The van der Waals surface area contributed by atoms with Gasteiger partial charge >= 0.3 is 0 Å². The molecule has 0 aromatic rings. The van der Waals surface area contributed by atoms with E-state index in [0.29, 0.717) is 72.2 Å². The van der Waals surface area contributed by atoms with Gasteiger partial charge < -0.3 is 33.7 Å². The monoisotopic (exact) mass is 321 g/mol. The van der Waals surface area contributed by atoms with Crippen LogP contribution >= 0.6 is 0 Å². The Morgan fingerprint density at radius 1 is 0.727 bits per heavy atom. The van der Waals surface area contributed by atoms with Gasteiger partial charge in [0.2, 0.25) is 0 Å². The number of hydrogen-bond donors (Lipinski definition) is 1. The van der Waals surface area contributed by atoms with Crippen molar-refractivity contribution in [2.75, 3.05) is 86.3 Å². The molecular formula is C15H31NO6. The van der Waals surface area contributed by atoms with Gasteiger partial charge in [-0.1, -0.05) is 0 Å². The molecular weight excluding hydrogens is 290 g/mol. The molecule has 0 saturated carbocycles. The molecule has 0 radical (unpaired) electrons. The largest absolute Gasteiger partial charge is 0.382 e. The van der Waals surface area contributed by atoms with Crippen molar-refractivity contribution in [3.8, 4) is 0 Å². The Labute approximate surface area is 133 Å². The topological polar surface area (TPSA) is 67.4 Å². The summed E-state index contributed by atoms with van der Waals surface area (Å²) in [6.07, 6.45) is 1.45. The van der Waals surface area contributed by atoms with Crippen molar-refractivity contribution in [3.63, 3.8) is 0 Å². The van der Waals surface area contributed by atoms with Crippen LogP contribution in [0.25, 0.3) is 0 Å². The summed E-state index contributed by atoms with van der Waals surface area (Å²) in [5, 5.41) is 3.26. The fourth-order valence-electron chi connectivity index (χ4n) is 1.95. The molecule has 1 N–H and O–H groups in total. The van der Waals surface area contributed by atoms with E-state index in [-0.39, 0.29) is 0 Å². The van der Waals surface area contributed by atoms with Gasteiger partial charge in [0.05, 0.1) is 72.2 Å². The van der Waals surface area contributed by atoms with Crippen LogP contribution in [0.2, 0.25) is 0 Å². The summed E-state index contributed by atoms with van der Waals surface area (Å²) in [6.45, 7) is 8.00. The molecule has 1 atom stereocenters. The molecule has 1 aliphatic rings. The summed E-state index contributed by atoms with van der Waals surface area (Å²) < 4.78 is 32.0. The van der Waals surface area contributed by atoms with Crippen molar-refractivity contribution >= 4 is 0 Å². The van der Waals surface area contributed by atoms with E-state index in [1.54, 1.807) is 7.11 Å². The highest BCUT2D eigenvalue weighted by Gasteiger charge is 2.13. The number of nitrogens with one attached hydrogen (secondary N) is 1. The standard InChI is InChI=1S/C15H31NO6/c1-17-4-5-18-6-7-19-8-9-20-10-11-21-12-13-22-15-2-3-16-14-15/h15-16H,2-14H2,1H3/t15-/m0/s1. The molecule has 1 rings (SSSR count). The van der Waals surface area contributed by atoms with E-state index in [1.165, 1.54) is 0 Å². The maximum absolute atomic E-state index is 5.64. The normalized spacial score (nSPS) is 18.1. The van der Waals surface area contributed by atoms with Crippen LogP contribution < -0.4 is 5.32 Å². The lowest BCUT2D eigenvalue weighted by Crippen LogP contribution is -2.19. The molecule has 0 spiro atoms. The molecule has 0 bridgehead atoms. The van der Waals surface area contributed by atoms with Crippen LogP contribution in [0.4, 0.5) is 0 Å². The Kier molecular flexibility index (Phi) is 14.0. The predicted molar refractivity (Wildman–Crippen MR) is 82.4 cm³/mol. The zero-order chi connectivity index (χ0) is 15.7. The zero-order valence-electron chi connectivity index (χ0n) is 13.7. The van der Waals surface area contributed by atoms with E-state index in [2.05, 4.69) is 5.32 Å². The van der Waals surface area contributed by atoms with Crippen molar-refractivity contribution < 1.29 is 28.4 Å². The van der Waals surface area contributed by atoms with Crippen molar-refractivity contribution in [3.05, 3.63) is 0 Å². The zero-order valence-corrected chi connectivity index (χ0v) is 13.7. The van der Waals surface area contributed by atoms with E-state index in [4.69, 9.17) is 28.4 Å². The minimum absolute atomic E-state index is 0.357. The van der Waals surface area contributed by atoms with Crippen LogP contribution in [-0.4, -0.2) is 92.4 Å². The Hall–Kier alpha value is -0.280. The molecule has 0 amide bonds. The third-order valence-electron chi connectivity index (χ3n) is 3.14. The summed E-state index contributed by atoms with van der Waals surface area (Å²) in [4.78, 5) is 0. The third-order valence-corrected chi connectivity index (χ3v) is 3.14. The highest BCUT2D eigenvalue weighted by molar-refractivity contribution is 4.70. The molecule has 132 valence electrons. The van der Waals surface area contributed by atoms with E-state index in [9.17, 15) is 0 Å². The molecule has 22 heavy (non-hydrogen) atoms. The number of ether oxygens (including phenoxy) is 6. The van der Waals surface area contributed by atoms with Gasteiger partial charge in [-0.25, -0.2) is 0 Å². The lowest BCUT2D eigenvalue weighted by Gasteiger charge is -2.10. The summed E-state index contributed by atoms with van der Waals surface area (Å²) in [7, 11) is 1.65. The van der Waals surface area contributed by atoms with Gasteiger partial charge in [-0.05, 0) is 13.0 Å². The summed E-state index contributed by atoms with van der Waals surface area (Å²) in [5.74, 6) is 0. The minimum Gasteiger partial charge on any atom is -0.382 e. The highest BCUT2D eigenvalue weighted by atomic mass is 16.6. The smallest absolute Gasteiger partial charge is 0.0712 e. The first kappa shape index (κ1) is 19.8.